The molecule has 0 spiro atoms. The van der Waals surface area contributed by atoms with E-state index in [0.29, 0.717) is 12.1 Å². The molecule has 0 bridgehead atoms. The first-order chi connectivity index (χ1) is 9.16. The second-order valence-electron chi connectivity index (χ2n) is 5.25. The number of rotatable bonds is 6. The van der Waals surface area contributed by atoms with Crippen molar-refractivity contribution in [3.05, 3.63) is 35.4 Å². The molecule has 0 unspecified atom stereocenters. The highest BCUT2D eigenvalue weighted by molar-refractivity contribution is 5.89. The van der Waals surface area contributed by atoms with E-state index in [2.05, 4.69) is 16.8 Å². The SMILES string of the molecule is CN(CCN1CCCC1)Cc1ccccc1C(=O)O. The van der Waals surface area contributed by atoms with Crippen LogP contribution in [0.4, 0.5) is 0 Å². The van der Waals surface area contributed by atoms with E-state index in [1.165, 1.54) is 25.9 Å². The summed E-state index contributed by atoms with van der Waals surface area (Å²) in [4.78, 5) is 15.8. The Bertz CT molecular complexity index is 428. The largest absolute Gasteiger partial charge is 0.478 e. The van der Waals surface area contributed by atoms with Gasteiger partial charge in [-0.15, -0.1) is 0 Å². The van der Waals surface area contributed by atoms with Crippen LogP contribution in [0.2, 0.25) is 0 Å². The van der Waals surface area contributed by atoms with Crippen LogP contribution in [0.25, 0.3) is 0 Å². The molecule has 1 fully saturated rings. The Morgan fingerprint density at radius 3 is 2.68 bits per heavy atom. The summed E-state index contributed by atoms with van der Waals surface area (Å²) in [5, 5.41) is 9.15. The molecule has 104 valence electrons. The molecule has 4 heteroatoms. The molecule has 1 heterocycles. The van der Waals surface area contributed by atoms with Crippen LogP contribution in [-0.2, 0) is 6.54 Å². The Hall–Kier alpha value is -1.39. The number of nitrogens with zero attached hydrogens (tertiary/aromatic N) is 2. The molecule has 1 aromatic rings. The third-order valence-electron chi connectivity index (χ3n) is 3.68. The highest BCUT2D eigenvalue weighted by atomic mass is 16.4. The van der Waals surface area contributed by atoms with E-state index in [4.69, 9.17) is 5.11 Å². The van der Waals surface area contributed by atoms with Crippen molar-refractivity contribution in [2.75, 3.05) is 33.2 Å². The zero-order valence-electron chi connectivity index (χ0n) is 11.5. The Balaban J connectivity index is 1.87. The molecule has 0 atom stereocenters. The molecule has 0 saturated carbocycles. The molecule has 1 aromatic carbocycles. The lowest BCUT2D eigenvalue weighted by Gasteiger charge is -2.21. The molecule has 2 rings (SSSR count). The maximum absolute atomic E-state index is 11.1. The summed E-state index contributed by atoms with van der Waals surface area (Å²) in [6, 6.07) is 7.25. The Morgan fingerprint density at radius 2 is 2.00 bits per heavy atom. The fourth-order valence-corrected chi connectivity index (χ4v) is 2.56. The van der Waals surface area contributed by atoms with Gasteiger partial charge in [-0.3, -0.25) is 0 Å². The topological polar surface area (TPSA) is 43.8 Å². The number of likely N-dealkylation sites (tertiary alicyclic amines) is 1. The summed E-state index contributed by atoms with van der Waals surface area (Å²) in [5.74, 6) is -0.844. The van der Waals surface area contributed by atoms with Gasteiger partial charge >= 0.3 is 5.97 Å². The first kappa shape index (κ1) is 14.0. The van der Waals surface area contributed by atoms with Gasteiger partial charge in [0.25, 0.3) is 0 Å². The molecule has 1 aliphatic heterocycles. The van der Waals surface area contributed by atoms with Crippen LogP contribution < -0.4 is 0 Å². The molecule has 0 aliphatic carbocycles. The van der Waals surface area contributed by atoms with E-state index < -0.39 is 5.97 Å². The van der Waals surface area contributed by atoms with Crippen molar-refractivity contribution in [3.8, 4) is 0 Å². The Kier molecular flexibility index (Phi) is 4.93. The van der Waals surface area contributed by atoms with Gasteiger partial charge in [0.2, 0.25) is 0 Å². The van der Waals surface area contributed by atoms with E-state index in [-0.39, 0.29) is 0 Å². The van der Waals surface area contributed by atoms with Crippen LogP contribution in [0.5, 0.6) is 0 Å². The van der Waals surface area contributed by atoms with E-state index in [0.717, 1.165) is 18.7 Å². The second kappa shape index (κ2) is 6.68. The molecule has 19 heavy (non-hydrogen) atoms. The van der Waals surface area contributed by atoms with Crippen LogP contribution in [0.1, 0.15) is 28.8 Å². The lowest BCUT2D eigenvalue weighted by Crippen LogP contribution is -2.31. The van der Waals surface area contributed by atoms with Crippen molar-refractivity contribution in [1.82, 2.24) is 9.80 Å². The van der Waals surface area contributed by atoms with Crippen LogP contribution in [0.3, 0.4) is 0 Å². The minimum absolute atomic E-state index is 0.413. The normalized spacial score (nSPS) is 16.1. The summed E-state index contributed by atoms with van der Waals surface area (Å²) in [6.07, 6.45) is 2.62. The first-order valence-electron chi connectivity index (χ1n) is 6.89. The van der Waals surface area contributed by atoms with Crippen molar-refractivity contribution in [3.63, 3.8) is 0 Å². The number of hydrogen-bond donors (Lipinski definition) is 1. The van der Waals surface area contributed by atoms with Crippen LogP contribution in [0.15, 0.2) is 24.3 Å². The summed E-state index contributed by atoms with van der Waals surface area (Å²) in [7, 11) is 2.05. The molecular weight excluding hydrogens is 240 g/mol. The molecule has 1 N–H and O–H groups in total. The maximum Gasteiger partial charge on any atom is 0.336 e. The highest BCUT2D eigenvalue weighted by Gasteiger charge is 2.13. The predicted octanol–water partition coefficient (Wildman–Crippen LogP) is 1.91. The number of carboxylic acids is 1. The van der Waals surface area contributed by atoms with E-state index in [1.54, 1.807) is 12.1 Å². The van der Waals surface area contributed by atoms with Gasteiger partial charge in [0, 0.05) is 19.6 Å². The lowest BCUT2D eigenvalue weighted by molar-refractivity contribution is 0.0694. The van der Waals surface area contributed by atoms with Gasteiger partial charge in [-0.25, -0.2) is 4.79 Å². The molecule has 1 aliphatic rings. The number of hydrogen-bond acceptors (Lipinski definition) is 3. The standard InChI is InChI=1S/C15H22N2O2/c1-16(10-11-17-8-4-5-9-17)12-13-6-2-3-7-14(13)15(18)19/h2-3,6-7H,4-5,8-12H2,1H3,(H,18,19). The summed E-state index contributed by atoms with van der Waals surface area (Å²) in [6.45, 7) is 5.16. The average molecular weight is 262 g/mol. The molecule has 4 nitrogen and oxygen atoms in total. The molecule has 1 saturated heterocycles. The quantitative estimate of drug-likeness (QED) is 0.850. The summed E-state index contributed by atoms with van der Waals surface area (Å²) < 4.78 is 0. The molecular formula is C15H22N2O2. The number of likely N-dealkylation sites (N-methyl/N-ethyl adjacent to an activating group) is 1. The number of carboxylic acid groups (broad SMARTS) is 1. The number of carbonyl (C=O) groups is 1. The average Bonchev–Trinajstić information content (AvgIpc) is 2.90. The molecule has 0 aromatic heterocycles. The van der Waals surface area contributed by atoms with Gasteiger partial charge in [0.05, 0.1) is 5.56 Å². The number of aromatic carboxylic acids is 1. The lowest BCUT2D eigenvalue weighted by atomic mass is 10.1. The van der Waals surface area contributed by atoms with Crippen LogP contribution in [0, 0.1) is 0 Å². The van der Waals surface area contributed by atoms with Crippen LogP contribution >= 0.6 is 0 Å². The first-order valence-corrected chi connectivity index (χ1v) is 6.89. The molecule has 0 amide bonds. The monoisotopic (exact) mass is 262 g/mol. The van der Waals surface area contributed by atoms with Gasteiger partial charge in [0.1, 0.15) is 0 Å². The van der Waals surface area contributed by atoms with E-state index in [9.17, 15) is 4.79 Å². The summed E-state index contributed by atoms with van der Waals surface area (Å²) in [5.41, 5.74) is 1.30. The van der Waals surface area contributed by atoms with E-state index in [1.807, 2.05) is 12.1 Å². The fraction of sp³-hybridized carbons (Fsp3) is 0.533. The van der Waals surface area contributed by atoms with Crippen molar-refractivity contribution in [2.45, 2.75) is 19.4 Å². The minimum atomic E-state index is -0.844. The Morgan fingerprint density at radius 1 is 1.32 bits per heavy atom. The van der Waals surface area contributed by atoms with Crippen molar-refractivity contribution < 1.29 is 9.90 Å². The minimum Gasteiger partial charge on any atom is -0.478 e. The smallest absolute Gasteiger partial charge is 0.336 e. The van der Waals surface area contributed by atoms with Gasteiger partial charge in [-0.05, 0) is 44.6 Å². The zero-order valence-corrected chi connectivity index (χ0v) is 11.5. The van der Waals surface area contributed by atoms with E-state index >= 15 is 0 Å². The third-order valence-corrected chi connectivity index (χ3v) is 3.68. The second-order valence-corrected chi connectivity index (χ2v) is 5.25. The zero-order chi connectivity index (χ0) is 13.7. The highest BCUT2D eigenvalue weighted by Crippen LogP contribution is 2.12. The van der Waals surface area contributed by atoms with Gasteiger partial charge in [-0.1, -0.05) is 18.2 Å². The van der Waals surface area contributed by atoms with Gasteiger partial charge < -0.3 is 14.9 Å². The van der Waals surface area contributed by atoms with Crippen molar-refractivity contribution in [2.24, 2.45) is 0 Å². The molecule has 0 radical (unpaired) electrons. The van der Waals surface area contributed by atoms with Crippen molar-refractivity contribution in [1.29, 1.82) is 0 Å². The fourth-order valence-electron chi connectivity index (χ4n) is 2.56. The van der Waals surface area contributed by atoms with Gasteiger partial charge in [-0.2, -0.15) is 0 Å². The van der Waals surface area contributed by atoms with Crippen LogP contribution in [-0.4, -0.2) is 54.1 Å². The maximum atomic E-state index is 11.1. The third kappa shape index (κ3) is 4.04. The number of benzene rings is 1. The predicted molar refractivity (Wildman–Crippen MR) is 75.4 cm³/mol. The van der Waals surface area contributed by atoms with Gasteiger partial charge in [0.15, 0.2) is 0 Å². The summed E-state index contributed by atoms with van der Waals surface area (Å²) >= 11 is 0. The Labute approximate surface area is 114 Å². The van der Waals surface area contributed by atoms with Crippen molar-refractivity contribution >= 4 is 5.97 Å².